The van der Waals surface area contributed by atoms with E-state index in [2.05, 4.69) is 22.5 Å². The Hall–Kier alpha value is -1.46. The number of pyridine rings is 1. The topological polar surface area (TPSA) is 37.0 Å². The molecule has 3 nitrogen and oxygen atoms in total. The molecule has 1 aromatic rings. The van der Waals surface area contributed by atoms with E-state index in [4.69, 9.17) is 0 Å². The molecule has 18 heavy (non-hydrogen) atoms. The molecule has 0 saturated heterocycles. The first kappa shape index (κ1) is 14.6. The second kappa shape index (κ2) is 6.47. The normalized spacial score (nSPS) is 11.4. The highest BCUT2D eigenvalue weighted by Crippen LogP contribution is 2.31. The number of unbranched alkanes of at least 4 members (excludes halogenated alkanes) is 2. The Balaban J connectivity index is 2.78. The minimum Gasteiger partial charge on any atom is -0.373 e. The highest BCUT2D eigenvalue weighted by molar-refractivity contribution is 5.49. The van der Waals surface area contributed by atoms with Crippen LogP contribution in [0.15, 0.2) is 12.1 Å². The van der Waals surface area contributed by atoms with Crippen LogP contribution in [-0.4, -0.2) is 18.6 Å². The molecule has 1 aromatic heterocycles. The maximum Gasteiger partial charge on any atom is 0.416 e. The van der Waals surface area contributed by atoms with Crippen LogP contribution >= 0.6 is 0 Å². The van der Waals surface area contributed by atoms with Crippen LogP contribution in [0.2, 0.25) is 0 Å². The lowest BCUT2D eigenvalue weighted by molar-refractivity contribution is -0.137. The minimum absolute atomic E-state index is 0.211. The van der Waals surface area contributed by atoms with E-state index in [9.17, 15) is 13.2 Å². The van der Waals surface area contributed by atoms with Gasteiger partial charge in [-0.3, -0.25) is 0 Å². The van der Waals surface area contributed by atoms with Crippen LogP contribution < -0.4 is 10.6 Å². The smallest absolute Gasteiger partial charge is 0.373 e. The van der Waals surface area contributed by atoms with Crippen LogP contribution in [0.1, 0.15) is 31.7 Å². The number of rotatable bonds is 6. The summed E-state index contributed by atoms with van der Waals surface area (Å²) in [6.07, 6.45) is -1.32. The number of hydrogen-bond acceptors (Lipinski definition) is 3. The molecule has 0 atom stereocenters. The van der Waals surface area contributed by atoms with Gasteiger partial charge in [0.2, 0.25) is 0 Å². The van der Waals surface area contributed by atoms with Gasteiger partial charge in [-0.1, -0.05) is 19.8 Å². The molecule has 102 valence electrons. The van der Waals surface area contributed by atoms with Crippen LogP contribution in [0.3, 0.4) is 0 Å². The summed E-state index contributed by atoms with van der Waals surface area (Å²) in [7, 11) is 1.54. The molecule has 0 fully saturated rings. The molecule has 0 spiro atoms. The third kappa shape index (κ3) is 4.43. The first-order valence-corrected chi connectivity index (χ1v) is 5.98. The molecule has 0 aliphatic carbocycles. The van der Waals surface area contributed by atoms with Crippen LogP contribution in [0, 0.1) is 0 Å². The fraction of sp³-hybridized carbons (Fsp3) is 0.583. The van der Waals surface area contributed by atoms with Crippen molar-refractivity contribution in [1.29, 1.82) is 0 Å². The molecule has 2 N–H and O–H groups in total. The zero-order valence-corrected chi connectivity index (χ0v) is 10.6. The first-order chi connectivity index (χ1) is 8.47. The van der Waals surface area contributed by atoms with E-state index in [-0.39, 0.29) is 11.6 Å². The molecule has 1 heterocycles. The summed E-state index contributed by atoms with van der Waals surface area (Å²) in [5.74, 6) is 0.466. The van der Waals surface area contributed by atoms with Crippen molar-refractivity contribution in [3.05, 3.63) is 17.7 Å². The van der Waals surface area contributed by atoms with Crippen molar-refractivity contribution in [3.63, 3.8) is 0 Å². The van der Waals surface area contributed by atoms with Gasteiger partial charge in [-0.05, 0) is 18.6 Å². The predicted molar refractivity (Wildman–Crippen MR) is 66.8 cm³/mol. The first-order valence-electron chi connectivity index (χ1n) is 5.98. The number of aromatic nitrogens is 1. The maximum atomic E-state index is 12.6. The maximum absolute atomic E-state index is 12.6. The summed E-state index contributed by atoms with van der Waals surface area (Å²) in [4.78, 5) is 4.04. The number of anilines is 2. The van der Waals surface area contributed by atoms with Gasteiger partial charge in [0.25, 0.3) is 0 Å². The minimum atomic E-state index is -4.35. The molecule has 0 amide bonds. The van der Waals surface area contributed by atoms with Gasteiger partial charge in [0.1, 0.15) is 11.6 Å². The molecule has 0 bridgehead atoms. The fourth-order valence-electron chi connectivity index (χ4n) is 1.50. The summed E-state index contributed by atoms with van der Waals surface area (Å²) in [5, 5.41) is 5.55. The van der Waals surface area contributed by atoms with Crippen LogP contribution in [-0.2, 0) is 6.18 Å². The lowest BCUT2D eigenvalue weighted by Crippen LogP contribution is -2.10. The monoisotopic (exact) mass is 261 g/mol. The molecule has 0 aliphatic heterocycles. The lowest BCUT2D eigenvalue weighted by Gasteiger charge is -2.12. The number of hydrogen-bond donors (Lipinski definition) is 2. The van der Waals surface area contributed by atoms with Gasteiger partial charge in [0, 0.05) is 13.6 Å². The summed E-state index contributed by atoms with van der Waals surface area (Å²) < 4.78 is 37.9. The third-order valence-electron chi connectivity index (χ3n) is 2.50. The SMILES string of the molecule is CCCCCNc1cc(C(F)(F)F)cc(NC)n1. The number of alkyl halides is 3. The Morgan fingerprint density at radius 1 is 1.17 bits per heavy atom. The van der Waals surface area contributed by atoms with E-state index in [1.807, 2.05) is 0 Å². The summed E-state index contributed by atoms with van der Waals surface area (Å²) in [6, 6.07) is 2.03. The highest BCUT2D eigenvalue weighted by Gasteiger charge is 2.31. The second-order valence-corrected chi connectivity index (χ2v) is 4.01. The van der Waals surface area contributed by atoms with Gasteiger partial charge in [-0.15, -0.1) is 0 Å². The fourth-order valence-corrected chi connectivity index (χ4v) is 1.50. The van der Waals surface area contributed by atoms with Gasteiger partial charge < -0.3 is 10.6 Å². The number of halogens is 3. The molecule has 0 unspecified atom stereocenters. The van der Waals surface area contributed by atoms with Gasteiger partial charge >= 0.3 is 6.18 Å². The quantitative estimate of drug-likeness (QED) is 0.766. The molecule has 6 heteroatoms. The Morgan fingerprint density at radius 3 is 2.39 bits per heavy atom. The Morgan fingerprint density at radius 2 is 1.83 bits per heavy atom. The van der Waals surface area contributed by atoms with E-state index in [0.29, 0.717) is 6.54 Å². The molecule has 0 radical (unpaired) electrons. The molecular formula is C12H18F3N3. The van der Waals surface area contributed by atoms with Gasteiger partial charge in [-0.25, -0.2) is 4.98 Å². The number of nitrogens with zero attached hydrogens (tertiary/aromatic N) is 1. The van der Waals surface area contributed by atoms with Crippen molar-refractivity contribution < 1.29 is 13.2 Å². The average molecular weight is 261 g/mol. The van der Waals surface area contributed by atoms with Crippen molar-refractivity contribution in [2.45, 2.75) is 32.4 Å². The molecule has 0 aromatic carbocycles. The Bertz CT molecular complexity index is 377. The molecule has 0 saturated carbocycles. The summed E-state index contributed by atoms with van der Waals surface area (Å²) >= 11 is 0. The number of nitrogens with one attached hydrogen (secondary N) is 2. The standard InChI is InChI=1S/C12H18F3N3/c1-3-4-5-6-17-11-8-9(12(13,14)15)7-10(16-2)18-11/h7-8H,3-6H2,1-2H3,(H2,16,17,18). The molecule has 0 aliphatic rings. The van der Waals surface area contributed by atoms with E-state index < -0.39 is 11.7 Å². The zero-order valence-electron chi connectivity index (χ0n) is 10.6. The largest absolute Gasteiger partial charge is 0.416 e. The van der Waals surface area contributed by atoms with Crippen LogP contribution in [0.4, 0.5) is 24.8 Å². The van der Waals surface area contributed by atoms with Gasteiger partial charge in [0.05, 0.1) is 5.56 Å². The summed E-state index contributed by atoms with van der Waals surface area (Å²) in [5.41, 5.74) is -0.695. The highest BCUT2D eigenvalue weighted by atomic mass is 19.4. The average Bonchev–Trinajstić information content (AvgIpc) is 2.33. The third-order valence-corrected chi connectivity index (χ3v) is 2.50. The van der Waals surface area contributed by atoms with Crippen molar-refractivity contribution in [3.8, 4) is 0 Å². The summed E-state index contributed by atoms with van der Waals surface area (Å²) in [6.45, 7) is 2.70. The predicted octanol–water partition coefficient (Wildman–Crippen LogP) is 3.74. The van der Waals surface area contributed by atoms with Crippen molar-refractivity contribution >= 4 is 11.6 Å². The van der Waals surface area contributed by atoms with Crippen molar-refractivity contribution in [1.82, 2.24) is 4.98 Å². The van der Waals surface area contributed by atoms with E-state index in [1.165, 1.54) is 0 Å². The van der Waals surface area contributed by atoms with Crippen molar-refractivity contribution in [2.75, 3.05) is 24.2 Å². The van der Waals surface area contributed by atoms with E-state index in [0.717, 1.165) is 31.4 Å². The van der Waals surface area contributed by atoms with E-state index >= 15 is 0 Å². The van der Waals surface area contributed by atoms with Crippen molar-refractivity contribution in [2.24, 2.45) is 0 Å². The van der Waals surface area contributed by atoms with Gasteiger partial charge in [0.15, 0.2) is 0 Å². The van der Waals surface area contributed by atoms with Crippen LogP contribution in [0.5, 0.6) is 0 Å². The van der Waals surface area contributed by atoms with E-state index in [1.54, 1.807) is 7.05 Å². The van der Waals surface area contributed by atoms with Crippen LogP contribution in [0.25, 0.3) is 0 Å². The second-order valence-electron chi connectivity index (χ2n) is 4.01. The Labute approximate surface area is 105 Å². The lowest BCUT2D eigenvalue weighted by atomic mass is 10.2. The zero-order chi connectivity index (χ0) is 13.6. The molecule has 1 rings (SSSR count). The van der Waals surface area contributed by atoms with Gasteiger partial charge in [-0.2, -0.15) is 13.2 Å². The molecular weight excluding hydrogens is 243 g/mol. The Kier molecular flexibility index (Phi) is 5.25.